The van der Waals surface area contributed by atoms with Gasteiger partial charge in [0.05, 0.1) is 18.8 Å². The van der Waals surface area contributed by atoms with Crippen LogP contribution in [-0.4, -0.2) is 42.2 Å². The van der Waals surface area contributed by atoms with E-state index in [1.807, 2.05) is 12.1 Å². The molecule has 0 aromatic heterocycles. The highest BCUT2D eigenvalue weighted by Crippen LogP contribution is 2.21. The van der Waals surface area contributed by atoms with Crippen molar-refractivity contribution < 1.29 is 14.6 Å². The molecule has 2 rings (SSSR count). The number of aliphatic hydroxyl groups is 1. The molecule has 17 heavy (non-hydrogen) atoms. The predicted molar refractivity (Wildman–Crippen MR) is 64.1 cm³/mol. The number of methoxy groups -OCH3 is 1. The van der Waals surface area contributed by atoms with Crippen LogP contribution < -0.4 is 4.74 Å². The molecular weight excluding hydrogens is 218 g/mol. The van der Waals surface area contributed by atoms with Crippen LogP contribution >= 0.6 is 0 Å². The number of rotatable bonds is 2. The molecule has 1 aliphatic rings. The molecule has 1 fully saturated rings. The van der Waals surface area contributed by atoms with E-state index in [-0.39, 0.29) is 12.0 Å². The Morgan fingerprint density at radius 3 is 2.65 bits per heavy atom. The predicted octanol–water partition coefficient (Wildman–Crippen LogP) is 1.29. The molecule has 0 atom stereocenters. The molecule has 0 spiro atoms. The van der Waals surface area contributed by atoms with Crippen LogP contribution in [0.5, 0.6) is 5.75 Å². The number of carbonyl (C=O) groups excluding carboxylic acids is 1. The molecule has 0 bridgehead atoms. The van der Waals surface area contributed by atoms with Crippen molar-refractivity contribution in [3.05, 3.63) is 29.8 Å². The van der Waals surface area contributed by atoms with E-state index in [1.165, 1.54) is 0 Å². The molecule has 4 heteroatoms. The SMILES string of the molecule is COc1ccccc1C(=O)N1CCC(O)CC1. The molecule has 1 amide bonds. The summed E-state index contributed by atoms with van der Waals surface area (Å²) in [6.45, 7) is 1.22. The smallest absolute Gasteiger partial charge is 0.257 e. The van der Waals surface area contributed by atoms with Gasteiger partial charge in [-0.1, -0.05) is 12.1 Å². The maximum atomic E-state index is 12.3. The lowest BCUT2D eigenvalue weighted by Crippen LogP contribution is -2.40. The van der Waals surface area contributed by atoms with Gasteiger partial charge in [-0.2, -0.15) is 0 Å². The Morgan fingerprint density at radius 1 is 1.35 bits per heavy atom. The highest BCUT2D eigenvalue weighted by Gasteiger charge is 2.23. The maximum absolute atomic E-state index is 12.3. The van der Waals surface area contributed by atoms with Crippen molar-refractivity contribution in [3.8, 4) is 5.75 Å². The molecule has 4 nitrogen and oxygen atoms in total. The number of piperidine rings is 1. The van der Waals surface area contributed by atoms with Crippen LogP contribution in [0, 0.1) is 0 Å². The summed E-state index contributed by atoms with van der Waals surface area (Å²) in [5.74, 6) is 0.581. The van der Waals surface area contributed by atoms with Gasteiger partial charge in [-0.15, -0.1) is 0 Å². The van der Waals surface area contributed by atoms with Gasteiger partial charge in [0.1, 0.15) is 5.75 Å². The largest absolute Gasteiger partial charge is 0.496 e. The molecule has 92 valence electrons. The van der Waals surface area contributed by atoms with E-state index >= 15 is 0 Å². The van der Waals surface area contributed by atoms with Crippen LogP contribution in [0.1, 0.15) is 23.2 Å². The number of para-hydroxylation sites is 1. The third-order valence-electron chi connectivity index (χ3n) is 3.09. The number of carbonyl (C=O) groups is 1. The summed E-state index contributed by atoms with van der Waals surface area (Å²) in [5, 5.41) is 9.42. The number of benzene rings is 1. The van der Waals surface area contributed by atoms with E-state index in [0.717, 1.165) is 0 Å². The highest BCUT2D eigenvalue weighted by atomic mass is 16.5. The molecule has 1 heterocycles. The first-order valence-electron chi connectivity index (χ1n) is 5.82. The Labute approximate surface area is 101 Å². The number of amides is 1. The van der Waals surface area contributed by atoms with Gasteiger partial charge in [-0.05, 0) is 25.0 Å². The average Bonchev–Trinajstić information content (AvgIpc) is 2.39. The normalized spacial score (nSPS) is 16.9. The zero-order valence-corrected chi connectivity index (χ0v) is 9.93. The lowest BCUT2D eigenvalue weighted by Gasteiger charge is -2.30. The zero-order valence-electron chi connectivity index (χ0n) is 9.93. The second-order valence-corrected chi connectivity index (χ2v) is 4.22. The molecule has 1 aromatic rings. The fourth-order valence-electron chi connectivity index (χ4n) is 2.06. The van der Waals surface area contributed by atoms with Crippen molar-refractivity contribution >= 4 is 5.91 Å². The number of nitrogens with zero attached hydrogens (tertiary/aromatic N) is 1. The average molecular weight is 235 g/mol. The fourth-order valence-corrected chi connectivity index (χ4v) is 2.06. The first-order valence-corrected chi connectivity index (χ1v) is 5.82. The summed E-state index contributed by atoms with van der Waals surface area (Å²) in [4.78, 5) is 14.0. The maximum Gasteiger partial charge on any atom is 0.257 e. The topological polar surface area (TPSA) is 49.8 Å². The van der Waals surface area contributed by atoms with Gasteiger partial charge in [0, 0.05) is 13.1 Å². The van der Waals surface area contributed by atoms with Crippen molar-refractivity contribution in [3.63, 3.8) is 0 Å². The van der Waals surface area contributed by atoms with Crippen molar-refractivity contribution in [1.82, 2.24) is 4.90 Å². The van der Waals surface area contributed by atoms with Gasteiger partial charge in [0.15, 0.2) is 0 Å². The quantitative estimate of drug-likeness (QED) is 0.840. The third kappa shape index (κ3) is 2.58. The van der Waals surface area contributed by atoms with E-state index < -0.39 is 0 Å². The first kappa shape index (κ1) is 11.9. The van der Waals surface area contributed by atoms with E-state index in [9.17, 15) is 9.90 Å². The molecule has 0 unspecified atom stereocenters. The van der Waals surface area contributed by atoms with Crippen LogP contribution in [0.15, 0.2) is 24.3 Å². The lowest BCUT2D eigenvalue weighted by molar-refractivity contribution is 0.0544. The summed E-state index contributed by atoms with van der Waals surface area (Å²) in [6.07, 6.45) is 1.04. The molecular formula is C13H17NO3. The standard InChI is InChI=1S/C13H17NO3/c1-17-12-5-3-2-4-11(12)13(16)14-8-6-10(15)7-9-14/h2-5,10,15H,6-9H2,1H3. The molecule has 0 aliphatic carbocycles. The Kier molecular flexibility index (Phi) is 3.64. The Morgan fingerprint density at radius 2 is 2.00 bits per heavy atom. The van der Waals surface area contributed by atoms with Crippen LogP contribution in [0.2, 0.25) is 0 Å². The van der Waals surface area contributed by atoms with Gasteiger partial charge < -0.3 is 14.7 Å². The summed E-state index contributed by atoms with van der Waals surface area (Å²) >= 11 is 0. The second-order valence-electron chi connectivity index (χ2n) is 4.22. The lowest BCUT2D eigenvalue weighted by atomic mass is 10.1. The van der Waals surface area contributed by atoms with Gasteiger partial charge in [-0.25, -0.2) is 0 Å². The minimum Gasteiger partial charge on any atom is -0.496 e. The first-order chi connectivity index (χ1) is 8.22. The fraction of sp³-hybridized carbons (Fsp3) is 0.462. The number of ether oxygens (including phenoxy) is 1. The number of hydrogen-bond donors (Lipinski definition) is 1. The van der Waals surface area contributed by atoms with Crippen LogP contribution in [0.4, 0.5) is 0 Å². The monoisotopic (exact) mass is 235 g/mol. The zero-order chi connectivity index (χ0) is 12.3. The summed E-state index contributed by atoms with van der Waals surface area (Å²) in [6, 6.07) is 7.22. The number of likely N-dealkylation sites (tertiary alicyclic amines) is 1. The molecule has 1 aromatic carbocycles. The van der Waals surface area contributed by atoms with E-state index in [4.69, 9.17) is 4.74 Å². The van der Waals surface area contributed by atoms with Crippen LogP contribution in [0.25, 0.3) is 0 Å². The van der Waals surface area contributed by atoms with E-state index in [0.29, 0.717) is 37.2 Å². The molecule has 1 aliphatic heterocycles. The summed E-state index contributed by atoms with van der Waals surface area (Å²) in [7, 11) is 1.56. The van der Waals surface area contributed by atoms with E-state index in [1.54, 1.807) is 24.1 Å². The van der Waals surface area contributed by atoms with Crippen LogP contribution in [-0.2, 0) is 0 Å². The molecule has 0 saturated carbocycles. The second kappa shape index (κ2) is 5.19. The third-order valence-corrected chi connectivity index (χ3v) is 3.09. The minimum absolute atomic E-state index is 0.0191. The van der Waals surface area contributed by atoms with E-state index in [2.05, 4.69) is 0 Å². The highest BCUT2D eigenvalue weighted by molar-refractivity contribution is 5.97. The molecule has 0 radical (unpaired) electrons. The Bertz CT molecular complexity index is 397. The van der Waals surface area contributed by atoms with Crippen LogP contribution in [0.3, 0.4) is 0 Å². The summed E-state index contributed by atoms with van der Waals surface area (Å²) < 4.78 is 5.18. The molecule has 1 saturated heterocycles. The van der Waals surface area contributed by atoms with Gasteiger partial charge >= 0.3 is 0 Å². The Balaban J connectivity index is 2.14. The summed E-state index contributed by atoms with van der Waals surface area (Å²) in [5.41, 5.74) is 0.589. The number of hydrogen-bond acceptors (Lipinski definition) is 3. The van der Waals surface area contributed by atoms with Crippen molar-refractivity contribution in [2.45, 2.75) is 18.9 Å². The van der Waals surface area contributed by atoms with Gasteiger partial charge in [0.25, 0.3) is 5.91 Å². The van der Waals surface area contributed by atoms with Crippen molar-refractivity contribution in [1.29, 1.82) is 0 Å². The minimum atomic E-state index is -0.267. The number of aliphatic hydroxyl groups excluding tert-OH is 1. The molecule has 1 N–H and O–H groups in total. The van der Waals surface area contributed by atoms with Gasteiger partial charge in [-0.3, -0.25) is 4.79 Å². The van der Waals surface area contributed by atoms with Crippen molar-refractivity contribution in [2.75, 3.05) is 20.2 Å². The Hall–Kier alpha value is -1.55. The van der Waals surface area contributed by atoms with Crippen molar-refractivity contribution in [2.24, 2.45) is 0 Å². The van der Waals surface area contributed by atoms with Gasteiger partial charge in [0.2, 0.25) is 0 Å².